The molecule has 3 fully saturated rings. The van der Waals surface area contributed by atoms with Crippen molar-refractivity contribution < 1.29 is 4.79 Å². The zero-order valence-electron chi connectivity index (χ0n) is 13.2. The van der Waals surface area contributed by atoms with Gasteiger partial charge in [-0.25, -0.2) is 0 Å². The Morgan fingerprint density at radius 2 is 1.95 bits per heavy atom. The van der Waals surface area contributed by atoms with Gasteiger partial charge in [-0.1, -0.05) is 26.7 Å². The van der Waals surface area contributed by atoms with Gasteiger partial charge in [-0.3, -0.25) is 14.6 Å². The molecule has 0 radical (unpaired) electrons. The summed E-state index contributed by atoms with van der Waals surface area (Å²) in [6.07, 6.45) is 7.56. The highest BCUT2D eigenvalue weighted by molar-refractivity contribution is 5.87. The number of piperidine rings is 1. The first-order valence-electron chi connectivity index (χ1n) is 8.57. The van der Waals surface area contributed by atoms with Crippen molar-refractivity contribution in [3.8, 4) is 0 Å². The topological polar surface area (TPSA) is 23.6 Å². The van der Waals surface area contributed by atoms with Gasteiger partial charge in [0.25, 0.3) is 0 Å². The van der Waals surface area contributed by atoms with Crippen molar-refractivity contribution in [1.82, 2.24) is 9.80 Å². The van der Waals surface area contributed by atoms with Crippen LogP contribution in [0.4, 0.5) is 0 Å². The van der Waals surface area contributed by atoms with Crippen LogP contribution in [0.25, 0.3) is 0 Å². The molecular formula is C17H30N2O. The number of rotatable bonds is 2. The van der Waals surface area contributed by atoms with Gasteiger partial charge in [-0.05, 0) is 32.2 Å². The second kappa shape index (κ2) is 5.76. The molecule has 0 aromatic heterocycles. The molecule has 2 aliphatic heterocycles. The lowest BCUT2D eigenvalue weighted by molar-refractivity contribution is -0.135. The molecule has 1 aliphatic carbocycles. The Bertz CT molecular complexity index is 366. The van der Waals surface area contributed by atoms with Crippen LogP contribution in [0, 0.1) is 11.3 Å². The lowest BCUT2D eigenvalue weighted by Gasteiger charge is -2.45. The van der Waals surface area contributed by atoms with E-state index in [4.69, 9.17) is 0 Å². The first-order chi connectivity index (χ1) is 9.56. The number of carbonyl (C=O) groups is 1. The summed E-state index contributed by atoms with van der Waals surface area (Å²) in [7, 11) is 0. The highest BCUT2D eigenvalue weighted by Crippen LogP contribution is 2.36. The smallest absolute Gasteiger partial charge is 0.142 e. The standard InChI is InChI=1S/C17H30N2O/c1-17(2)8-5-6-14(16(17)20)12-18-10-11-19-9-4-3-7-15(19)13-18/h14-15H,3-13H2,1-2H3. The summed E-state index contributed by atoms with van der Waals surface area (Å²) in [5.74, 6) is 0.823. The lowest BCUT2D eigenvalue weighted by Crippen LogP contribution is -2.56. The Balaban J connectivity index is 1.57. The summed E-state index contributed by atoms with van der Waals surface area (Å²) in [6, 6.07) is 0.768. The fraction of sp³-hybridized carbons (Fsp3) is 0.941. The van der Waals surface area contributed by atoms with Crippen LogP contribution in [0.15, 0.2) is 0 Å². The van der Waals surface area contributed by atoms with E-state index in [2.05, 4.69) is 23.6 Å². The van der Waals surface area contributed by atoms with Crippen LogP contribution < -0.4 is 0 Å². The second-order valence-corrected chi connectivity index (χ2v) is 7.78. The van der Waals surface area contributed by atoms with Gasteiger partial charge in [0.05, 0.1) is 0 Å². The first-order valence-corrected chi connectivity index (χ1v) is 8.57. The van der Waals surface area contributed by atoms with E-state index in [-0.39, 0.29) is 5.41 Å². The van der Waals surface area contributed by atoms with Crippen LogP contribution in [-0.2, 0) is 4.79 Å². The molecule has 2 heterocycles. The SMILES string of the molecule is CC1(C)CCCC(CN2CCN3CCCCC3C2)C1=O. The molecule has 2 saturated heterocycles. The Hall–Kier alpha value is -0.410. The van der Waals surface area contributed by atoms with Crippen molar-refractivity contribution >= 4 is 5.78 Å². The zero-order valence-corrected chi connectivity index (χ0v) is 13.2. The van der Waals surface area contributed by atoms with Crippen LogP contribution in [0.2, 0.25) is 0 Å². The number of carbonyl (C=O) groups excluding carboxylic acids is 1. The maximum Gasteiger partial charge on any atom is 0.142 e. The van der Waals surface area contributed by atoms with Gasteiger partial charge in [0.15, 0.2) is 0 Å². The lowest BCUT2D eigenvalue weighted by atomic mass is 9.71. The molecular weight excluding hydrogens is 248 g/mol. The molecule has 0 amide bonds. The summed E-state index contributed by atoms with van der Waals surface area (Å²) in [4.78, 5) is 17.8. The third kappa shape index (κ3) is 2.94. The summed E-state index contributed by atoms with van der Waals surface area (Å²) >= 11 is 0. The van der Waals surface area contributed by atoms with Crippen molar-refractivity contribution in [3.05, 3.63) is 0 Å². The van der Waals surface area contributed by atoms with E-state index in [1.54, 1.807) is 0 Å². The third-order valence-corrected chi connectivity index (χ3v) is 5.79. The average molecular weight is 278 g/mol. The first kappa shape index (κ1) is 14.5. The number of Topliss-reactive ketones (excluding diaryl/α,β-unsaturated/α-hetero) is 1. The van der Waals surface area contributed by atoms with Crippen molar-refractivity contribution in [2.45, 2.75) is 58.4 Å². The fourth-order valence-electron chi connectivity index (χ4n) is 4.47. The molecule has 0 aromatic rings. The van der Waals surface area contributed by atoms with E-state index in [9.17, 15) is 4.79 Å². The molecule has 0 aromatic carbocycles. The quantitative estimate of drug-likeness (QED) is 0.775. The van der Waals surface area contributed by atoms with Crippen molar-refractivity contribution in [1.29, 1.82) is 0 Å². The Morgan fingerprint density at radius 3 is 2.80 bits per heavy atom. The molecule has 20 heavy (non-hydrogen) atoms. The molecule has 0 N–H and O–H groups in total. The Kier molecular flexibility index (Phi) is 4.19. The van der Waals surface area contributed by atoms with Crippen LogP contribution in [-0.4, -0.2) is 54.3 Å². The fourth-order valence-corrected chi connectivity index (χ4v) is 4.47. The second-order valence-electron chi connectivity index (χ2n) is 7.78. The van der Waals surface area contributed by atoms with E-state index < -0.39 is 0 Å². The third-order valence-electron chi connectivity index (χ3n) is 5.79. The van der Waals surface area contributed by atoms with E-state index in [1.807, 2.05) is 0 Å². The molecule has 3 heteroatoms. The number of fused-ring (bicyclic) bond motifs is 1. The average Bonchev–Trinajstić information content (AvgIpc) is 2.44. The van der Waals surface area contributed by atoms with Crippen LogP contribution in [0.1, 0.15) is 52.4 Å². The number of piperazine rings is 1. The van der Waals surface area contributed by atoms with Gasteiger partial charge in [-0.2, -0.15) is 0 Å². The highest BCUT2D eigenvalue weighted by atomic mass is 16.1. The largest absolute Gasteiger partial charge is 0.300 e. The molecule has 0 spiro atoms. The van der Waals surface area contributed by atoms with Gasteiger partial charge in [0.1, 0.15) is 5.78 Å². The van der Waals surface area contributed by atoms with Crippen molar-refractivity contribution in [2.75, 3.05) is 32.7 Å². The molecule has 2 unspecified atom stereocenters. The summed E-state index contributed by atoms with van der Waals surface area (Å²) in [6.45, 7) is 10.2. The van der Waals surface area contributed by atoms with Gasteiger partial charge in [0.2, 0.25) is 0 Å². The number of nitrogens with zero attached hydrogens (tertiary/aromatic N) is 2. The van der Waals surface area contributed by atoms with Crippen LogP contribution in [0.3, 0.4) is 0 Å². The Morgan fingerprint density at radius 1 is 1.10 bits per heavy atom. The van der Waals surface area contributed by atoms with Gasteiger partial charge >= 0.3 is 0 Å². The van der Waals surface area contributed by atoms with Crippen LogP contribution in [0.5, 0.6) is 0 Å². The minimum atomic E-state index is -0.0738. The molecule has 3 rings (SSSR count). The molecule has 3 aliphatic rings. The van der Waals surface area contributed by atoms with Crippen molar-refractivity contribution in [3.63, 3.8) is 0 Å². The number of hydrogen-bond donors (Lipinski definition) is 0. The Labute approximate surface area is 123 Å². The minimum Gasteiger partial charge on any atom is -0.300 e. The van der Waals surface area contributed by atoms with E-state index in [0.717, 1.165) is 25.4 Å². The van der Waals surface area contributed by atoms with E-state index >= 15 is 0 Å². The monoisotopic (exact) mass is 278 g/mol. The molecule has 114 valence electrons. The maximum atomic E-state index is 12.6. The molecule has 3 nitrogen and oxygen atoms in total. The highest BCUT2D eigenvalue weighted by Gasteiger charge is 2.39. The predicted octanol–water partition coefficient (Wildman–Crippen LogP) is 2.55. The van der Waals surface area contributed by atoms with Gasteiger partial charge in [-0.15, -0.1) is 0 Å². The molecule has 2 atom stereocenters. The normalized spacial score (nSPS) is 35.8. The molecule has 1 saturated carbocycles. The van der Waals surface area contributed by atoms with Crippen molar-refractivity contribution in [2.24, 2.45) is 11.3 Å². The molecule has 0 bridgehead atoms. The van der Waals surface area contributed by atoms with Gasteiger partial charge < -0.3 is 0 Å². The minimum absolute atomic E-state index is 0.0738. The van der Waals surface area contributed by atoms with E-state index in [0.29, 0.717) is 11.7 Å². The number of ketones is 1. The predicted molar refractivity (Wildman–Crippen MR) is 81.8 cm³/mol. The summed E-state index contributed by atoms with van der Waals surface area (Å²) < 4.78 is 0. The van der Waals surface area contributed by atoms with Crippen LogP contribution >= 0.6 is 0 Å². The number of hydrogen-bond acceptors (Lipinski definition) is 3. The maximum absolute atomic E-state index is 12.6. The summed E-state index contributed by atoms with van der Waals surface area (Å²) in [5, 5.41) is 0. The summed E-state index contributed by atoms with van der Waals surface area (Å²) in [5.41, 5.74) is -0.0738. The van der Waals surface area contributed by atoms with Gasteiger partial charge in [0, 0.05) is 43.6 Å². The van der Waals surface area contributed by atoms with E-state index in [1.165, 1.54) is 51.9 Å². The zero-order chi connectivity index (χ0) is 14.2.